The van der Waals surface area contributed by atoms with Crippen LogP contribution in [0.5, 0.6) is 0 Å². The fraction of sp³-hybridized carbons (Fsp3) is 1.00. The third kappa shape index (κ3) is 7.05. The van der Waals surface area contributed by atoms with E-state index < -0.39 is 0 Å². The standard InChI is InChI=1S/C15H30O2/c1-4-7-8-13(5-2)9-14(6-3)10-16-11-15-12-17-15/h13-15H,4-12H2,1-3H3/t13-,14-,15-/m1/s1. The zero-order chi connectivity index (χ0) is 12.5. The molecular weight excluding hydrogens is 212 g/mol. The van der Waals surface area contributed by atoms with Crippen molar-refractivity contribution in [1.82, 2.24) is 0 Å². The fourth-order valence-corrected chi connectivity index (χ4v) is 2.34. The largest absolute Gasteiger partial charge is 0.378 e. The summed E-state index contributed by atoms with van der Waals surface area (Å²) >= 11 is 0. The smallest absolute Gasteiger partial charge is 0.104 e. The van der Waals surface area contributed by atoms with Gasteiger partial charge in [-0.25, -0.2) is 0 Å². The molecule has 1 fully saturated rings. The highest BCUT2D eigenvalue weighted by Crippen LogP contribution is 2.24. The molecule has 1 saturated heterocycles. The summed E-state index contributed by atoms with van der Waals surface area (Å²) in [5.41, 5.74) is 0. The van der Waals surface area contributed by atoms with Crippen LogP contribution in [-0.4, -0.2) is 25.9 Å². The first-order valence-electron chi connectivity index (χ1n) is 7.49. The van der Waals surface area contributed by atoms with E-state index in [9.17, 15) is 0 Å². The van der Waals surface area contributed by atoms with Crippen molar-refractivity contribution in [1.29, 1.82) is 0 Å². The van der Waals surface area contributed by atoms with Gasteiger partial charge in [-0.3, -0.25) is 0 Å². The van der Waals surface area contributed by atoms with Crippen LogP contribution in [0, 0.1) is 11.8 Å². The molecular formula is C15H30O2. The maximum Gasteiger partial charge on any atom is 0.104 e. The van der Waals surface area contributed by atoms with Gasteiger partial charge in [-0.2, -0.15) is 0 Å². The molecule has 0 aliphatic carbocycles. The number of hydrogen-bond donors (Lipinski definition) is 0. The van der Waals surface area contributed by atoms with Crippen molar-refractivity contribution < 1.29 is 9.47 Å². The molecule has 2 heteroatoms. The minimum atomic E-state index is 0.412. The lowest BCUT2D eigenvalue weighted by molar-refractivity contribution is 0.0754. The topological polar surface area (TPSA) is 21.8 Å². The van der Waals surface area contributed by atoms with Gasteiger partial charge in [0.15, 0.2) is 0 Å². The van der Waals surface area contributed by atoms with Gasteiger partial charge in [0.1, 0.15) is 6.10 Å². The van der Waals surface area contributed by atoms with Crippen molar-refractivity contribution in [3.8, 4) is 0 Å². The average molecular weight is 242 g/mol. The van der Waals surface area contributed by atoms with E-state index in [0.717, 1.165) is 31.7 Å². The Kier molecular flexibility index (Phi) is 7.87. The van der Waals surface area contributed by atoms with Gasteiger partial charge < -0.3 is 9.47 Å². The first-order valence-corrected chi connectivity index (χ1v) is 7.49. The molecule has 2 nitrogen and oxygen atoms in total. The predicted octanol–water partition coefficient (Wildman–Crippen LogP) is 4.03. The quantitative estimate of drug-likeness (QED) is 0.510. The first-order chi connectivity index (χ1) is 8.30. The number of epoxide rings is 1. The number of ether oxygens (including phenoxy) is 2. The summed E-state index contributed by atoms with van der Waals surface area (Å²) < 4.78 is 10.9. The van der Waals surface area contributed by atoms with Crippen molar-refractivity contribution in [2.75, 3.05) is 19.8 Å². The molecule has 0 unspecified atom stereocenters. The van der Waals surface area contributed by atoms with Crippen molar-refractivity contribution in [3.05, 3.63) is 0 Å². The minimum absolute atomic E-state index is 0.412. The van der Waals surface area contributed by atoms with Crippen LogP contribution in [0.25, 0.3) is 0 Å². The third-order valence-corrected chi connectivity index (χ3v) is 3.85. The highest BCUT2D eigenvalue weighted by atomic mass is 16.6. The summed E-state index contributed by atoms with van der Waals surface area (Å²) in [4.78, 5) is 0. The summed E-state index contributed by atoms with van der Waals surface area (Å²) in [6.07, 6.45) is 8.42. The van der Waals surface area contributed by atoms with Crippen LogP contribution in [0.4, 0.5) is 0 Å². The van der Waals surface area contributed by atoms with Crippen molar-refractivity contribution in [3.63, 3.8) is 0 Å². The molecule has 0 amide bonds. The summed E-state index contributed by atoms with van der Waals surface area (Å²) in [6.45, 7) is 9.54. The summed E-state index contributed by atoms with van der Waals surface area (Å²) in [6, 6.07) is 0. The minimum Gasteiger partial charge on any atom is -0.378 e. The van der Waals surface area contributed by atoms with Gasteiger partial charge in [0.05, 0.1) is 13.2 Å². The van der Waals surface area contributed by atoms with Gasteiger partial charge >= 0.3 is 0 Å². The Morgan fingerprint density at radius 3 is 2.41 bits per heavy atom. The van der Waals surface area contributed by atoms with E-state index >= 15 is 0 Å². The van der Waals surface area contributed by atoms with Crippen LogP contribution in [0.3, 0.4) is 0 Å². The maximum absolute atomic E-state index is 5.74. The van der Waals surface area contributed by atoms with E-state index in [-0.39, 0.29) is 0 Å². The second kappa shape index (κ2) is 8.93. The molecule has 0 saturated carbocycles. The summed E-state index contributed by atoms with van der Waals surface area (Å²) in [5, 5.41) is 0. The highest BCUT2D eigenvalue weighted by Gasteiger charge is 2.23. The molecule has 0 N–H and O–H groups in total. The van der Waals surface area contributed by atoms with Crippen LogP contribution >= 0.6 is 0 Å². The molecule has 0 aromatic carbocycles. The Labute approximate surface area is 107 Å². The molecule has 0 aromatic heterocycles. The second-order valence-electron chi connectivity index (χ2n) is 5.42. The van der Waals surface area contributed by atoms with Gasteiger partial charge in [0.25, 0.3) is 0 Å². The van der Waals surface area contributed by atoms with Crippen LogP contribution in [-0.2, 0) is 9.47 Å². The van der Waals surface area contributed by atoms with Gasteiger partial charge in [-0.05, 0) is 18.3 Å². The SMILES string of the molecule is CCCC[C@@H](CC)C[C@@H](CC)COC[C@@H]1CO1. The molecule has 102 valence electrons. The van der Waals surface area contributed by atoms with Crippen LogP contribution in [0.15, 0.2) is 0 Å². The van der Waals surface area contributed by atoms with Crippen LogP contribution in [0.1, 0.15) is 59.3 Å². The lowest BCUT2D eigenvalue weighted by Crippen LogP contribution is -2.15. The van der Waals surface area contributed by atoms with E-state index in [2.05, 4.69) is 20.8 Å². The second-order valence-corrected chi connectivity index (χ2v) is 5.42. The predicted molar refractivity (Wildman–Crippen MR) is 72.3 cm³/mol. The lowest BCUT2D eigenvalue weighted by Gasteiger charge is -2.21. The summed E-state index contributed by atoms with van der Waals surface area (Å²) in [7, 11) is 0. The number of rotatable bonds is 11. The van der Waals surface area contributed by atoms with E-state index in [1.807, 2.05) is 0 Å². The Hall–Kier alpha value is -0.0800. The average Bonchev–Trinajstić information content (AvgIpc) is 3.16. The molecule has 1 rings (SSSR count). The first kappa shape index (κ1) is 15.0. The Morgan fingerprint density at radius 1 is 1.18 bits per heavy atom. The van der Waals surface area contributed by atoms with Gasteiger partial charge in [-0.1, -0.05) is 52.9 Å². The highest BCUT2D eigenvalue weighted by molar-refractivity contribution is 4.69. The van der Waals surface area contributed by atoms with Crippen molar-refractivity contribution in [2.24, 2.45) is 11.8 Å². The maximum atomic E-state index is 5.74. The molecule has 1 aliphatic heterocycles. The fourth-order valence-electron chi connectivity index (χ4n) is 2.34. The molecule has 1 heterocycles. The van der Waals surface area contributed by atoms with E-state index in [4.69, 9.17) is 9.47 Å². The molecule has 0 spiro atoms. The van der Waals surface area contributed by atoms with E-state index in [0.29, 0.717) is 6.10 Å². The Balaban J connectivity index is 2.12. The van der Waals surface area contributed by atoms with Crippen LogP contribution in [0.2, 0.25) is 0 Å². The van der Waals surface area contributed by atoms with Crippen LogP contribution < -0.4 is 0 Å². The molecule has 3 atom stereocenters. The lowest BCUT2D eigenvalue weighted by atomic mass is 9.88. The Morgan fingerprint density at radius 2 is 1.88 bits per heavy atom. The Bertz CT molecular complexity index is 178. The molecule has 1 aliphatic rings. The van der Waals surface area contributed by atoms with Crippen molar-refractivity contribution >= 4 is 0 Å². The zero-order valence-corrected chi connectivity index (χ0v) is 11.9. The monoisotopic (exact) mass is 242 g/mol. The molecule has 0 bridgehead atoms. The number of hydrogen-bond acceptors (Lipinski definition) is 2. The van der Waals surface area contributed by atoms with E-state index in [1.165, 1.54) is 38.5 Å². The molecule has 0 aromatic rings. The van der Waals surface area contributed by atoms with Gasteiger partial charge in [0.2, 0.25) is 0 Å². The number of unbranched alkanes of at least 4 members (excludes halogenated alkanes) is 1. The third-order valence-electron chi connectivity index (χ3n) is 3.85. The van der Waals surface area contributed by atoms with Crippen molar-refractivity contribution in [2.45, 2.75) is 65.4 Å². The zero-order valence-electron chi connectivity index (χ0n) is 11.9. The molecule has 17 heavy (non-hydrogen) atoms. The summed E-state index contributed by atoms with van der Waals surface area (Å²) in [5.74, 6) is 1.65. The normalized spacial score (nSPS) is 22.4. The van der Waals surface area contributed by atoms with E-state index in [1.54, 1.807) is 0 Å². The van der Waals surface area contributed by atoms with Gasteiger partial charge in [-0.15, -0.1) is 0 Å². The van der Waals surface area contributed by atoms with Gasteiger partial charge in [0, 0.05) is 6.61 Å². The molecule has 0 radical (unpaired) electrons.